The van der Waals surface area contributed by atoms with Crippen molar-refractivity contribution in [1.29, 1.82) is 0 Å². The van der Waals surface area contributed by atoms with E-state index in [1.165, 1.54) is 12.5 Å². The Balaban J connectivity index is 1.66. The van der Waals surface area contributed by atoms with E-state index < -0.39 is 15.9 Å². The topological polar surface area (TPSA) is 80.3 Å². The highest BCUT2D eigenvalue weighted by Gasteiger charge is 2.56. The highest BCUT2D eigenvalue weighted by atomic mass is 32.2. The minimum absolute atomic E-state index is 0.104. The second-order valence-electron chi connectivity index (χ2n) is 8.45. The van der Waals surface area contributed by atoms with Crippen LogP contribution in [0.3, 0.4) is 0 Å². The molecule has 1 N–H and O–H groups in total. The normalized spacial score (nSPS) is 32.4. The molecule has 0 aromatic heterocycles. The van der Waals surface area contributed by atoms with Crippen molar-refractivity contribution in [2.45, 2.75) is 69.6 Å². The van der Waals surface area contributed by atoms with Gasteiger partial charge in [-0.3, -0.25) is 9.59 Å². The molecule has 3 aliphatic rings. The van der Waals surface area contributed by atoms with E-state index in [0.717, 1.165) is 50.5 Å². The van der Waals surface area contributed by atoms with E-state index in [1.807, 2.05) is 10.8 Å². The van der Waals surface area contributed by atoms with Gasteiger partial charge in [-0.2, -0.15) is 0 Å². The van der Waals surface area contributed by atoms with Crippen LogP contribution in [0.4, 0.5) is 0 Å². The van der Waals surface area contributed by atoms with Gasteiger partial charge in [0.05, 0.1) is 4.90 Å². The van der Waals surface area contributed by atoms with Crippen molar-refractivity contribution < 1.29 is 18.0 Å². The molecule has 1 aromatic rings. The summed E-state index contributed by atoms with van der Waals surface area (Å²) in [5.41, 5.74) is 2.22. The summed E-state index contributed by atoms with van der Waals surface area (Å²) in [6.07, 6.45) is 6.50. The van der Waals surface area contributed by atoms with Gasteiger partial charge in [0, 0.05) is 18.8 Å². The van der Waals surface area contributed by atoms with Gasteiger partial charge in [-0.05, 0) is 79.5 Å². The number of hydrogen-bond donors (Lipinski definition) is 1. The third kappa shape index (κ3) is 2.84. The van der Waals surface area contributed by atoms with Crippen LogP contribution in [0, 0.1) is 17.3 Å². The summed E-state index contributed by atoms with van der Waals surface area (Å²) >= 11 is 0. The summed E-state index contributed by atoms with van der Waals surface area (Å²) < 4.78 is 26.7. The van der Waals surface area contributed by atoms with Crippen LogP contribution in [0.1, 0.15) is 69.4 Å². The molecule has 0 saturated heterocycles. The van der Waals surface area contributed by atoms with Crippen molar-refractivity contribution in [3.8, 4) is 0 Å². The van der Waals surface area contributed by atoms with Crippen LogP contribution in [-0.4, -0.2) is 20.1 Å². The van der Waals surface area contributed by atoms with Gasteiger partial charge in [0.2, 0.25) is 5.91 Å². The summed E-state index contributed by atoms with van der Waals surface area (Å²) in [7, 11) is -3.80. The lowest BCUT2D eigenvalue weighted by Gasteiger charge is -2.49. The third-order valence-corrected chi connectivity index (χ3v) is 8.79. The summed E-state index contributed by atoms with van der Waals surface area (Å²) in [6, 6.07) is 5.29. The minimum atomic E-state index is -3.80. The Labute approximate surface area is 161 Å². The highest BCUT2D eigenvalue weighted by Crippen LogP contribution is 2.60. The highest BCUT2D eigenvalue weighted by molar-refractivity contribution is 7.90. The number of rotatable bonds is 3. The molecule has 146 valence electrons. The monoisotopic (exact) mass is 389 g/mol. The number of aryl methyl sites for hydroxylation is 1. The van der Waals surface area contributed by atoms with Gasteiger partial charge in [0.1, 0.15) is 5.78 Å². The number of benzene rings is 1. The molecule has 27 heavy (non-hydrogen) atoms. The third-order valence-electron chi connectivity index (χ3n) is 7.36. The van der Waals surface area contributed by atoms with Crippen molar-refractivity contribution in [1.82, 2.24) is 4.72 Å². The molecule has 2 saturated carbocycles. The first kappa shape index (κ1) is 18.7. The van der Waals surface area contributed by atoms with E-state index in [1.54, 1.807) is 12.1 Å². The number of Topliss-reactive ketones (excluding diaryl/α,β-unsaturated/α-hetero) is 1. The number of sulfonamides is 1. The molecule has 0 radical (unpaired) electrons. The van der Waals surface area contributed by atoms with Crippen molar-refractivity contribution >= 4 is 21.7 Å². The van der Waals surface area contributed by atoms with Crippen LogP contribution < -0.4 is 4.72 Å². The quantitative estimate of drug-likeness (QED) is 0.860. The van der Waals surface area contributed by atoms with Crippen LogP contribution in [0.2, 0.25) is 0 Å². The van der Waals surface area contributed by atoms with Crippen LogP contribution in [0.5, 0.6) is 0 Å². The van der Waals surface area contributed by atoms with Gasteiger partial charge in [0.25, 0.3) is 10.0 Å². The lowest BCUT2D eigenvalue weighted by atomic mass is 9.54. The zero-order valence-corrected chi connectivity index (χ0v) is 16.8. The Bertz CT molecular complexity index is 907. The maximum atomic E-state index is 12.6. The summed E-state index contributed by atoms with van der Waals surface area (Å²) in [6.45, 7) is 3.36. The zero-order valence-electron chi connectivity index (χ0n) is 16.0. The molecule has 4 atom stereocenters. The Kier molecular flexibility index (Phi) is 4.45. The van der Waals surface area contributed by atoms with E-state index in [0.29, 0.717) is 23.5 Å². The Morgan fingerprint density at radius 1 is 1.22 bits per heavy atom. The number of carbonyl (C=O) groups is 2. The number of nitrogens with one attached hydrogen (secondary N) is 1. The van der Waals surface area contributed by atoms with Crippen LogP contribution in [0.15, 0.2) is 23.1 Å². The number of fused-ring (bicyclic) bond motifs is 5. The van der Waals surface area contributed by atoms with E-state index in [2.05, 4.69) is 6.92 Å². The number of hydrogen-bond acceptors (Lipinski definition) is 4. The maximum Gasteiger partial charge on any atom is 0.264 e. The second-order valence-corrected chi connectivity index (χ2v) is 10.1. The SMILES string of the molecule is CC[C@]12CC[C@@H]3c4ccc(S(=O)(=O)NC(C)=O)cc4CC[C@H]3[C@@H]1CCC2=O. The molecule has 1 amide bonds. The van der Waals surface area contributed by atoms with Gasteiger partial charge in [-0.1, -0.05) is 13.0 Å². The van der Waals surface area contributed by atoms with E-state index in [9.17, 15) is 18.0 Å². The number of amides is 1. The zero-order chi connectivity index (χ0) is 19.4. The number of carbonyl (C=O) groups excluding carboxylic acids is 2. The van der Waals surface area contributed by atoms with E-state index in [4.69, 9.17) is 0 Å². The molecule has 3 aliphatic carbocycles. The fraction of sp³-hybridized carbons (Fsp3) is 0.619. The number of ketones is 1. The molecule has 0 aliphatic heterocycles. The fourth-order valence-corrected chi connectivity index (χ4v) is 7.24. The van der Waals surface area contributed by atoms with Crippen LogP contribution >= 0.6 is 0 Å². The van der Waals surface area contributed by atoms with Gasteiger partial charge < -0.3 is 0 Å². The lowest BCUT2D eigenvalue weighted by molar-refractivity contribution is -0.131. The first-order valence-corrected chi connectivity index (χ1v) is 11.5. The predicted molar refractivity (Wildman–Crippen MR) is 102 cm³/mol. The predicted octanol–water partition coefficient (Wildman–Crippen LogP) is 3.33. The van der Waals surface area contributed by atoms with Crippen molar-refractivity contribution in [3.63, 3.8) is 0 Å². The first-order chi connectivity index (χ1) is 12.8. The molecule has 2 fully saturated rings. The molecule has 0 heterocycles. The Morgan fingerprint density at radius 3 is 2.70 bits per heavy atom. The largest absolute Gasteiger partial charge is 0.299 e. The summed E-state index contributed by atoms with van der Waals surface area (Å²) in [4.78, 5) is 24.0. The van der Waals surface area contributed by atoms with E-state index in [-0.39, 0.29) is 10.3 Å². The van der Waals surface area contributed by atoms with Crippen LogP contribution in [-0.2, 0) is 26.0 Å². The van der Waals surface area contributed by atoms with Crippen molar-refractivity contribution in [2.75, 3.05) is 0 Å². The standard InChI is InChI=1S/C21H27NO4S/c1-3-21-11-10-17-16-7-5-15(27(25,26)22-13(2)23)12-14(16)4-6-18(17)19(21)8-9-20(21)24/h5,7,12,17-19H,3-4,6,8-11H2,1-2H3,(H,22,23)/t17-,18-,19+,21+/m1/s1. The lowest BCUT2D eigenvalue weighted by Crippen LogP contribution is -2.44. The smallest absolute Gasteiger partial charge is 0.264 e. The molecule has 4 rings (SSSR count). The van der Waals surface area contributed by atoms with E-state index >= 15 is 0 Å². The van der Waals surface area contributed by atoms with Gasteiger partial charge in [-0.25, -0.2) is 13.1 Å². The average molecular weight is 390 g/mol. The molecule has 0 unspecified atom stereocenters. The maximum absolute atomic E-state index is 12.6. The van der Waals surface area contributed by atoms with Crippen molar-refractivity contribution in [3.05, 3.63) is 29.3 Å². The molecule has 6 heteroatoms. The Morgan fingerprint density at radius 2 is 2.00 bits per heavy atom. The Hall–Kier alpha value is -1.69. The molecule has 0 spiro atoms. The molecule has 1 aromatic carbocycles. The fourth-order valence-electron chi connectivity index (χ4n) is 6.20. The average Bonchev–Trinajstić information content (AvgIpc) is 2.97. The minimum Gasteiger partial charge on any atom is -0.299 e. The molecule has 0 bridgehead atoms. The first-order valence-electron chi connectivity index (χ1n) is 9.98. The molecule has 5 nitrogen and oxygen atoms in total. The van der Waals surface area contributed by atoms with Gasteiger partial charge in [0.15, 0.2) is 0 Å². The van der Waals surface area contributed by atoms with Gasteiger partial charge >= 0.3 is 0 Å². The molecular formula is C21H27NO4S. The van der Waals surface area contributed by atoms with Crippen LogP contribution in [0.25, 0.3) is 0 Å². The summed E-state index contributed by atoms with van der Waals surface area (Å²) in [5.74, 6) is 1.31. The molecular weight excluding hydrogens is 362 g/mol. The second kappa shape index (κ2) is 6.43. The summed E-state index contributed by atoms with van der Waals surface area (Å²) in [5, 5.41) is 0. The van der Waals surface area contributed by atoms with Crippen molar-refractivity contribution in [2.24, 2.45) is 17.3 Å². The van der Waals surface area contributed by atoms with Gasteiger partial charge in [-0.15, -0.1) is 0 Å².